The average molecular weight is 498 g/mol. The first kappa shape index (κ1) is 23.0. The molecule has 0 atom stereocenters. The largest absolute Gasteiger partial charge is 0.356 e. The van der Waals surface area contributed by atoms with Crippen LogP contribution in [-0.2, 0) is 10.2 Å². The van der Waals surface area contributed by atoms with Crippen molar-refractivity contribution in [2.45, 2.75) is 50.4 Å². The number of halogens is 1. The molecule has 2 N–H and O–H groups in total. The third-order valence-corrected chi connectivity index (χ3v) is 6.53. The first-order chi connectivity index (χ1) is 13.0. The van der Waals surface area contributed by atoms with Crippen molar-refractivity contribution in [1.29, 1.82) is 0 Å². The van der Waals surface area contributed by atoms with E-state index in [2.05, 4.69) is 46.0 Å². The lowest BCUT2D eigenvalue weighted by molar-refractivity contribution is -0.138. The van der Waals surface area contributed by atoms with Gasteiger partial charge in [-0.05, 0) is 31.2 Å². The van der Waals surface area contributed by atoms with E-state index in [1.807, 2.05) is 14.1 Å². The van der Waals surface area contributed by atoms with Crippen LogP contribution in [0.4, 0.5) is 0 Å². The summed E-state index contributed by atoms with van der Waals surface area (Å²) < 4.78 is 0. The highest BCUT2D eigenvalue weighted by atomic mass is 127. The van der Waals surface area contributed by atoms with Gasteiger partial charge in [-0.3, -0.25) is 9.79 Å². The maximum absolute atomic E-state index is 12.8. The lowest BCUT2D eigenvalue weighted by Gasteiger charge is -2.43. The molecule has 28 heavy (non-hydrogen) atoms. The zero-order valence-electron chi connectivity index (χ0n) is 17.5. The van der Waals surface area contributed by atoms with Gasteiger partial charge >= 0.3 is 0 Å². The van der Waals surface area contributed by atoms with Crippen LogP contribution in [0.5, 0.6) is 0 Å². The van der Waals surface area contributed by atoms with Crippen LogP contribution in [0.25, 0.3) is 0 Å². The van der Waals surface area contributed by atoms with Crippen LogP contribution in [-0.4, -0.2) is 51.0 Å². The van der Waals surface area contributed by atoms with E-state index in [9.17, 15) is 4.79 Å². The molecule has 156 valence electrons. The summed E-state index contributed by atoms with van der Waals surface area (Å²) in [6, 6.07) is 10.8. The number of carbonyl (C=O) groups is 1. The number of aliphatic imine (C=N–C) groups is 1. The van der Waals surface area contributed by atoms with Crippen molar-refractivity contribution < 1.29 is 4.79 Å². The molecule has 2 aliphatic rings. The first-order valence-corrected chi connectivity index (χ1v) is 10.2. The van der Waals surface area contributed by atoms with E-state index in [1.54, 1.807) is 11.9 Å². The SMILES string of the molecule is CN=C(NCC1(C(=O)N(C)C)CCCC1)NCC1(c2ccccc2)CCC1.I. The van der Waals surface area contributed by atoms with Crippen molar-refractivity contribution >= 4 is 35.8 Å². The Morgan fingerprint density at radius 3 is 2.11 bits per heavy atom. The molecule has 0 aromatic heterocycles. The predicted octanol–water partition coefficient (Wildman–Crippen LogP) is 3.54. The van der Waals surface area contributed by atoms with E-state index < -0.39 is 0 Å². The van der Waals surface area contributed by atoms with Gasteiger partial charge in [0, 0.05) is 39.6 Å². The van der Waals surface area contributed by atoms with Gasteiger partial charge < -0.3 is 15.5 Å². The summed E-state index contributed by atoms with van der Waals surface area (Å²) in [6.07, 6.45) is 7.88. The highest BCUT2D eigenvalue weighted by Gasteiger charge is 2.42. The number of rotatable bonds is 6. The van der Waals surface area contributed by atoms with E-state index in [0.717, 1.165) is 38.2 Å². The second kappa shape index (κ2) is 9.94. The molecular formula is C22H35IN4O. The van der Waals surface area contributed by atoms with E-state index in [1.165, 1.54) is 24.8 Å². The minimum absolute atomic E-state index is 0. The number of benzene rings is 1. The number of amides is 1. The lowest BCUT2D eigenvalue weighted by Crippen LogP contribution is -2.52. The van der Waals surface area contributed by atoms with Gasteiger partial charge in [-0.15, -0.1) is 24.0 Å². The summed E-state index contributed by atoms with van der Waals surface area (Å²) in [4.78, 5) is 18.9. The summed E-state index contributed by atoms with van der Waals surface area (Å²) in [7, 11) is 5.52. The highest BCUT2D eigenvalue weighted by molar-refractivity contribution is 14.0. The Bertz CT molecular complexity index is 664. The van der Waals surface area contributed by atoms with Gasteiger partial charge in [-0.2, -0.15) is 0 Å². The normalized spacial score (nSPS) is 19.9. The van der Waals surface area contributed by atoms with Crippen molar-refractivity contribution in [3.05, 3.63) is 35.9 Å². The summed E-state index contributed by atoms with van der Waals surface area (Å²) in [5.74, 6) is 1.04. The van der Waals surface area contributed by atoms with E-state index in [4.69, 9.17) is 0 Å². The summed E-state index contributed by atoms with van der Waals surface area (Å²) >= 11 is 0. The van der Waals surface area contributed by atoms with E-state index in [0.29, 0.717) is 6.54 Å². The fraction of sp³-hybridized carbons (Fsp3) is 0.636. The monoisotopic (exact) mass is 498 g/mol. The number of hydrogen-bond donors (Lipinski definition) is 2. The second-order valence-electron chi connectivity index (χ2n) is 8.47. The van der Waals surface area contributed by atoms with Crippen LogP contribution in [0.15, 0.2) is 35.3 Å². The molecule has 0 saturated heterocycles. The molecule has 0 bridgehead atoms. The standard InChI is InChI=1S/C22H34N4O.HI/c1-23-20(25-17-22(12-7-8-13-22)19(27)26(2)3)24-16-21(14-9-15-21)18-10-5-4-6-11-18;/h4-6,10-11H,7-9,12-17H2,1-3H3,(H2,23,24,25);1H. The minimum atomic E-state index is -0.283. The van der Waals surface area contributed by atoms with Gasteiger partial charge in [0.15, 0.2) is 5.96 Å². The van der Waals surface area contributed by atoms with Crippen molar-refractivity contribution in [2.75, 3.05) is 34.2 Å². The highest BCUT2D eigenvalue weighted by Crippen LogP contribution is 2.43. The molecule has 1 aromatic rings. The molecule has 1 amide bonds. The van der Waals surface area contributed by atoms with Crippen LogP contribution in [0, 0.1) is 5.41 Å². The number of guanidine groups is 1. The van der Waals surface area contributed by atoms with Crippen molar-refractivity contribution in [1.82, 2.24) is 15.5 Å². The van der Waals surface area contributed by atoms with Gasteiger partial charge in [-0.25, -0.2) is 0 Å². The fourth-order valence-corrected chi connectivity index (χ4v) is 4.68. The van der Waals surface area contributed by atoms with Crippen LogP contribution in [0.1, 0.15) is 50.5 Å². The maximum Gasteiger partial charge on any atom is 0.230 e. The quantitative estimate of drug-likeness (QED) is 0.359. The molecule has 0 unspecified atom stereocenters. The van der Waals surface area contributed by atoms with Crippen LogP contribution in [0.2, 0.25) is 0 Å². The Morgan fingerprint density at radius 2 is 1.61 bits per heavy atom. The Kier molecular flexibility index (Phi) is 8.16. The van der Waals surface area contributed by atoms with Gasteiger partial charge in [0.25, 0.3) is 0 Å². The van der Waals surface area contributed by atoms with Crippen molar-refractivity contribution in [3.8, 4) is 0 Å². The molecule has 0 spiro atoms. The fourth-order valence-electron chi connectivity index (χ4n) is 4.68. The predicted molar refractivity (Wildman–Crippen MR) is 126 cm³/mol. The van der Waals surface area contributed by atoms with Crippen LogP contribution >= 0.6 is 24.0 Å². The lowest BCUT2D eigenvalue weighted by atomic mass is 9.64. The van der Waals surface area contributed by atoms with E-state index >= 15 is 0 Å². The van der Waals surface area contributed by atoms with Crippen molar-refractivity contribution in [3.63, 3.8) is 0 Å². The first-order valence-electron chi connectivity index (χ1n) is 10.2. The molecule has 2 saturated carbocycles. The van der Waals surface area contributed by atoms with Crippen LogP contribution < -0.4 is 10.6 Å². The van der Waals surface area contributed by atoms with E-state index in [-0.39, 0.29) is 40.7 Å². The molecule has 2 fully saturated rings. The Morgan fingerprint density at radius 1 is 1.00 bits per heavy atom. The molecule has 2 aliphatic carbocycles. The number of nitrogens with one attached hydrogen (secondary N) is 2. The smallest absolute Gasteiger partial charge is 0.230 e. The van der Waals surface area contributed by atoms with Gasteiger partial charge in [0.1, 0.15) is 0 Å². The number of carbonyl (C=O) groups excluding carboxylic acids is 1. The average Bonchev–Trinajstić information content (AvgIpc) is 3.13. The number of hydrogen-bond acceptors (Lipinski definition) is 2. The topological polar surface area (TPSA) is 56.7 Å². The van der Waals surface area contributed by atoms with Gasteiger partial charge in [0.05, 0.1) is 5.41 Å². The molecule has 0 aliphatic heterocycles. The second-order valence-corrected chi connectivity index (χ2v) is 8.47. The molecule has 0 radical (unpaired) electrons. The zero-order valence-corrected chi connectivity index (χ0v) is 19.8. The van der Waals surface area contributed by atoms with Gasteiger partial charge in [-0.1, -0.05) is 49.6 Å². The summed E-state index contributed by atoms with van der Waals surface area (Å²) in [5.41, 5.74) is 1.34. The van der Waals surface area contributed by atoms with Gasteiger partial charge in [0.2, 0.25) is 5.91 Å². The third kappa shape index (κ3) is 4.81. The van der Waals surface area contributed by atoms with Crippen molar-refractivity contribution in [2.24, 2.45) is 10.4 Å². The molecule has 1 aromatic carbocycles. The maximum atomic E-state index is 12.8. The summed E-state index contributed by atoms with van der Waals surface area (Å²) in [6.45, 7) is 1.54. The zero-order chi connectivity index (χ0) is 19.3. The summed E-state index contributed by atoms with van der Waals surface area (Å²) in [5, 5.41) is 6.99. The third-order valence-electron chi connectivity index (χ3n) is 6.53. The number of nitrogens with zero attached hydrogens (tertiary/aromatic N) is 2. The Balaban J connectivity index is 0.00000280. The molecular weight excluding hydrogens is 463 g/mol. The Hall–Kier alpha value is -1.31. The minimum Gasteiger partial charge on any atom is -0.356 e. The van der Waals surface area contributed by atoms with Crippen LogP contribution in [0.3, 0.4) is 0 Å². The molecule has 5 nitrogen and oxygen atoms in total. The molecule has 6 heteroatoms. The molecule has 3 rings (SSSR count). The Labute approximate surface area is 186 Å². The molecule has 0 heterocycles.